The molecule has 0 radical (unpaired) electrons. The minimum absolute atomic E-state index is 0.210. The van der Waals surface area contributed by atoms with Gasteiger partial charge in [0.05, 0.1) is 11.2 Å². The summed E-state index contributed by atoms with van der Waals surface area (Å²) in [6.45, 7) is 1.47. The highest BCUT2D eigenvalue weighted by Crippen LogP contribution is 2.64. The van der Waals surface area contributed by atoms with Crippen LogP contribution in [0.15, 0.2) is 0 Å². The molecule has 8 fully saturated rings. The van der Waals surface area contributed by atoms with Gasteiger partial charge in [0.2, 0.25) is 0 Å². The Kier molecular flexibility index (Phi) is 5.88. The second-order valence-corrected chi connectivity index (χ2v) is 14.8. The summed E-state index contributed by atoms with van der Waals surface area (Å²) in [5.41, 5.74) is -3.35. The van der Waals surface area contributed by atoms with E-state index in [-0.39, 0.29) is 30.8 Å². The van der Waals surface area contributed by atoms with Crippen molar-refractivity contribution in [3.05, 3.63) is 0 Å². The molecule has 0 aliphatic heterocycles. The maximum absolute atomic E-state index is 14.1. The van der Waals surface area contributed by atoms with Gasteiger partial charge in [-0.1, -0.05) is 6.92 Å². The van der Waals surface area contributed by atoms with Crippen molar-refractivity contribution in [3.8, 4) is 0 Å². The van der Waals surface area contributed by atoms with E-state index in [2.05, 4.69) is 0 Å². The molecule has 0 saturated heterocycles. The summed E-state index contributed by atoms with van der Waals surface area (Å²) in [5.74, 6) is -2.45. The summed E-state index contributed by atoms with van der Waals surface area (Å²) in [6, 6.07) is 0. The van der Waals surface area contributed by atoms with Crippen LogP contribution in [0.4, 0.5) is 8.78 Å². The SMILES string of the molecule is CCC1(OC(=O)C(F)(F)S(=O)(=O)O)C2CC3CC1CC(OCC(=O)OC14CC5CC(CC(O)(C5)C1)C4)(C3)C2. The third-order valence-electron chi connectivity index (χ3n) is 10.7. The monoisotopic (exact) mass is 562 g/mol. The van der Waals surface area contributed by atoms with Crippen molar-refractivity contribution in [2.45, 2.75) is 112 Å². The number of hydrogen-bond acceptors (Lipinski definition) is 8. The number of halogens is 2. The molecular formula is C26H36F2O9S. The number of ether oxygens (including phenoxy) is 3. The van der Waals surface area contributed by atoms with Gasteiger partial charge >= 0.3 is 27.3 Å². The molecule has 2 N–H and O–H groups in total. The predicted molar refractivity (Wildman–Crippen MR) is 126 cm³/mol. The molecule has 0 spiro atoms. The van der Waals surface area contributed by atoms with E-state index in [1.807, 2.05) is 0 Å². The Balaban J connectivity index is 1.13. The van der Waals surface area contributed by atoms with Gasteiger partial charge in [-0.15, -0.1) is 0 Å². The first-order valence-corrected chi connectivity index (χ1v) is 15.2. The molecule has 4 atom stereocenters. The molecule has 214 valence electrons. The third kappa shape index (κ3) is 4.11. The highest BCUT2D eigenvalue weighted by Gasteiger charge is 2.66. The minimum atomic E-state index is -5.97. The van der Waals surface area contributed by atoms with Crippen LogP contribution in [0.2, 0.25) is 0 Å². The Hall–Kier alpha value is -1.37. The molecule has 9 nitrogen and oxygen atoms in total. The van der Waals surface area contributed by atoms with Gasteiger partial charge in [0.15, 0.2) is 0 Å². The second-order valence-electron chi connectivity index (χ2n) is 13.3. The maximum Gasteiger partial charge on any atom is 0.465 e. The van der Waals surface area contributed by atoms with E-state index in [9.17, 15) is 31.9 Å². The van der Waals surface area contributed by atoms with Gasteiger partial charge in [-0.2, -0.15) is 17.2 Å². The Bertz CT molecular complexity index is 1110. The van der Waals surface area contributed by atoms with Crippen LogP contribution in [0.1, 0.15) is 84.0 Å². The lowest BCUT2D eigenvalue weighted by molar-refractivity contribution is -0.262. The van der Waals surface area contributed by atoms with E-state index in [0.29, 0.717) is 50.4 Å². The molecule has 0 amide bonds. The number of esters is 2. The fourth-order valence-electron chi connectivity index (χ4n) is 10.0. The van der Waals surface area contributed by atoms with Crippen LogP contribution < -0.4 is 0 Å². The first-order valence-electron chi connectivity index (χ1n) is 13.8. The van der Waals surface area contributed by atoms with Crippen molar-refractivity contribution in [2.24, 2.45) is 29.6 Å². The van der Waals surface area contributed by atoms with E-state index in [1.54, 1.807) is 6.92 Å². The summed E-state index contributed by atoms with van der Waals surface area (Å²) in [7, 11) is -5.97. The molecule has 8 rings (SSSR count). The van der Waals surface area contributed by atoms with E-state index >= 15 is 0 Å². The number of carbonyl (C=O) groups is 2. The average Bonchev–Trinajstić information content (AvgIpc) is 2.77. The van der Waals surface area contributed by atoms with Gasteiger partial charge in [-0.25, -0.2) is 9.59 Å². The van der Waals surface area contributed by atoms with E-state index in [0.717, 1.165) is 32.1 Å². The summed E-state index contributed by atoms with van der Waals surface area (Å²) in [6.07, 6.45) is 7.57. The molecule has 0 aromatic rings. The first-order chi connectivity index (χ1) is 17.6. The van der Waals surface area contributed by atoms with Crippen molar-refractivity contribution >= 4 is 22.1 Å². The van der Waals surface area contributed by atoms with Crippen molar-refractivity contribution < 1.29 is 50.7 Å². The van der Waals surface area contributed by atoms with Crippen LogP contribution in [-0.2, 0) is 33.9 Å². The smallest absolute Gasteiger partial charge is 0.457 e. The quantitative estimate of drug-likeness (QED) is 0.337. The molecule has 0 aromatic carbocycles. The maximum atomic E-state index is 14.1. The molecule has 38 heavy (non-hydrogen) atoms. The Morgan fingerprint density at radius 2 is 1.47 bits per heavy atom. The fraction of sp³-hybridized carbons (Fsp3) is 0.923. The molecular weight excluding hydrogens is 526 g/mol. The lowest BCUT2D eigenvalue weighted by Crippen LogP contribution is -2.66. The third-order valence-corrected chi connectivity index (χ3v) is 11.5. The number of alkyl halides is 2. The molecule has 12 heteroatoms. The number of rotatable bonds is 8. The Labute approximate surface area is 220 Å². The lowest BCUT2D eigenvalue weighted by Gasteiger charge is -2.64. The largest absolute Gasteiger partial charge is 0.465 e. The molecule has 8 bridgehead atoms. The first kappa shape index (κ1) is 26.8. The molecule has 8 saturated carbocycles. The van der Waals surface area contributed by atoms with Crippen LogP contribution in [-0.4, -0.2) is 64.3 Å². The topological polar surface area (TPSA) is 136 Å². The van der Waals surface area contributed by atoms with Gasteiger partial charge < -0.3 is 19.3 Å². The molecule has 8 aliphatic carbocycles. The zero-order valence-corrected chi connectivity index (χ0v) is 22.3. The minimum Gasteiger partial charge on any atom is -0.457 e. The van der Waals surface area contributed by atoms with E-state index < -0.39 is 49.7 Å². The predicted octanol–water partition coefficient (Wildman–Crippen LogP) is 3.38. The van der Waals surface area contributed by atoms with Crippen molar-refractivity contribution in [1.82, 2.24) is 0 Å². The normalized spacial score (nSPS) is 46.8. The van der Waals surface area contributed by atoms with Crippen LogP contribution in [0.5, 0.6) is 0 Å². The highest BCUT2D eigenvalue weighted by molar-refractivity contribution is 7.87. The second kappa shape index (κ2) is 8.33. The number of hydrogen-bond donors (Lipinski definition) is 2. The van der Waals surface area contributed by atoms with E-state index in [1.165, 1.54) is 0 Å². The summed E-state index contributed by atoms with van der Waals surface area (Å²) in [4.78, 5) is 25.3. The molecule has 0 heterocycles. The molecule has 0 aromatic heterocycles. The van der Waals surface area contributed by atoms with Crippen LogP contribution in [0, 0.1) is 29.6 Å². The van der Waals surface area contributed by atoms with Crippen molar-refractivity contribution in [3.63, 3.8) is 0 Å². The van der Waals surface area contributed by atoms with Gasteiger partial charge in [-0.05, 0) is 88.4 Å². The van der Waals surface area contributed by atoms with Crippen molar-refractivity contribution in [2.75, 3.05) is 6.61 Å². The van der Waals surface area contributed by atoms with E-state index in [4.69, 9.17) is 18.8 Å². The van der Waals surface area contributed by atoms with Gasteiger partial charge in [0.25, 0.3) is 0 Å². The van der Waals surface area contributed by atoms with Gasteiger partial charge in [-0.3, -0.25) is 4.55 Å². The fourth-order valence-corrected chi connectivity index (χ4v) is 10.3. The number of carbonyl (C=O) groups excluding carboxylic acids is 2. The highest BCUT2D eigenvalue weighted by atomic mass is 32.2. The average molecular weight is 563 g/mol. The lowest BCUT2D eigenvalue weighted by atomic mass is 9.47. The van der Waals surface area contributed by atoms with Gasteiger partial charge in [0, 0.05) is 18.3 Å². The van der Waals surface area contributed by atoms with Crippen LogP contribution in [0.3, 0.4) is 0 Å². The summed E-state index contributed by atoms with van der Waals surface area (Å²) >= 11 is 0. The summed E-state index contributed by atoms with van der Waals surface area (Å²) in [5, 5.41) is 5.89. The van der Waals surface area contributed by atoms with Crippen LogP contribution >= 0.6 is 0 Å². The van der Waals surface area contributed by atoms with Gasteiger partial charge in [0.1, 0.15) is 17.8 Å². The van der Waals surface area contributed by atoms with Crippen LogP contribution in [0.25, 0.3) is 0 Å². The number of aliphatic hydroxyl groups is 1. The molecule has 8 aliphatic rings. The summed E-state index contributed by atoms with van der Waals surface area (Å²) < 4.78 is 76.7. The van der Waals surface area contributed by atoms with Crippen molar-refractivity contribution in [1.29, 1.82) is 0 Å². The zero-order chi connectivity index (χ0) is 27.4. The standard InChI is InChI=1S/C26H36F2O9S/c1-2-25(37-21(30)26(27,28)38(32,33)34)18-4-15-5-19(25)12-23(8-15,11-18)35-13-20(29)36-24-9-16-3-17(10-24)7-22(31,6-16)14-24/h15-19,31H,2-14H2,1H3,(H,32,33,34). The Morgan fingerprint density at radius 1 is 0.895 bits per heavy atom. The zero-order valence-electron chi connectivity index (χ0n) is 21.5. The molecule has 4 unspecified atom stereocenters. The Morgan fingerprint density at radius 3 is 2.00 bits per heavy atom.